The minimum atomic E-state index is -4.01. The Morgan fingerprint density at radius 2 is 1.59 bits per heavy atom. The number of hydrogen-bond acceptors (Lipinski definition) is 5. The summed E-state index contributed by atoms with van der Waals surface area (Å²) < 4.78 is 30.2. The molecule has 0 bridgehead atoms. The third-order valence-electron chi connectivity index (χ3n) is 7.31. The van der Waals surface area contributed by atoms with E-state index < -0.39 is 14.9 Å². The Bertz CT molecular complexity index is 1360. The van der Waals surface area contributed by atoms with E-state index in [0.29, 0.717) is 6.54 Å². The molecule has 1 heterocycles. The Morgan fingerprint density at radius 1 is 0.919 bits per heavy atom. The number of hydrogen-bond donors (Lipinski definition) is 0. The van der Waals surface area contributed by atoms with E-state index in [-0.39, 0.29) is 28.5 Å². The number of benzene rings is 3. The maximum Gasteiger partial charge on any atom is 0.289 e. The molecule has 2 atom stereocenters. The number of nitro groups is 1. The fraction of sp³-hybridized carbons (Fsp3) is 0.357. The Labute approximate surface area is 226 Å². The van der Waals surface area contributed by atoms with Gasteiger partial charge in [0.25, 0.3) is 5.69 Å². The quantitative estimate of drug-likeness (QED) is 0.232. The van der Waals surface area contributed by atoms with Crippen LogP contribution in [0.4, 0.5) is 5.69 Å². The standard InChI is InChI=1S/C28H30BrN3O4S/c29-25-10-6-9-22(16-25)15-23-18-30(17-21-7-2-1-3-8-21)19-24(23)20-31(26-13-14-26)37(35,36)28-12-5-4-11-27(28)32(33)34/h1-12,16,23-24,26H,13-15,17-20H2. The summed E-state index contributed by atoms with van der Waals surface area (Å²) in [7, 11) is -4.01. The van der Waals surface area contributed by atoms with Gasteiger partial charge in [0, 0.05) is 42.8 Å². The molecule has 0 radical (unpaired) electrons. The van der Waals surface area contributed by atoms with Crippen LogP contribution in [0.5, 0.6) is 0 Å². The molecular weight excluding hydrogens is 554 g/mol. The first-order chi connectivity index (χ1) is 17.8. The molecular formula is C28H30BrN3O4S. The van der Waals surface area contributed by atoms with Crippen molar-refractivity contribution in [1.82, 2.24) is 9.21 Å². The summed E-state index contributed by atoms with van der Waals surface area (Å²) in [5.41, 5.74) is 2.08. The smallest absolute Gasteiger partial charge is 0.289 e. The van der Waals surface area contributed by atoms with Crippen LogP contribution in [-0.4, -0.2) is 48.2 Å². The lowest BCUT2D eigenvalue weighted by atomic mass is 9.89. The van der Waals surface area contributed by atoms with Crippen molar-refractivity contribution < 1.29 is 13.3 Å². The molecule has 2 fully saturated rings. The molecule has 9 heteroatoms. The zero-order chi connectivity index (χ0) is 26.0. The van der Waals surface area contributed by atoms with Gasteiger partial charge in [-0.2, -0.15) is 4.31 Å². The Morgan fingerprint density at radius 3 is 2.30 bits per heavy atom. The number of nitro benzene ring substituents is 1. The molecule has 7 nitrogen and oxygen atoms in total. The number of rotatable bonds is 10. The van der Waals surface area contributed by atoms with Crippen molar-refractivity contribution in [2.24, 2.45) is 11.8 Å². The van der Waals surface area contributed by atoms with E-state index >= 15 is 0 Å². The highest BCUT2D eigenvalue weighted by molar-refractivity contribution is 9.10. The van der Waals surface area contributed by atoms with Crippen LogP contribution in [-0.2, 0) is 23.0 Å². The first-order valence-corrected chi connectivity index (χ1v) is 14.8. The molecule has 1 saturated heterocycles. The van der Waals surface area contributed by atoms with Gasteiger partial charge in [0.2, 0.25) is 10.0 Å². The van der Waals surface area contributed by atoms with Crippen molar-refractivity contribution in [3.8, 4) is 0 Å². The van der Waals surface area contributed by atoms with Crippen LogP contribution < -0.4 is 0 Å². The number of nitrogens with zero attached hydrogens (tertiary/aromatic N) is 3. The van der Waals surface area contributed by atoms with Crippen LogP contribution in [0.25, 0.3) is 0 Å². The molecule has 0 N–H and O–H groups in total. The van der Waals surface area contributed by atoms with E-state index in [1.807, 2.05) is 30.3 Å². The van der Waals surface area contributed by atoms with Gasteiger partial charge in [-0.3, -0.25) is 15.0 Å². The second kappa shape index (κ2) is 11.0. The van der Waals surface area contributed by atoms with E-state index in [9.17, 15) is 18.5 Å². The van der Waals surface area contributed by atoms with Gasteiger partial charge in [-0.1, -0.05) is 70.5 Å². The second-order valence-corrected chi connectivity index (χ2v) is 12.8. The van der Waals surface area contributed by atoms with Gasteiger partial charge in [0.05, 0.1) is 4.92 Å². The van der Waals surface area contributed by atoms with Crippen LogP contribution in [0.3, 0.4) is 0 Å². The summed E-state index contributed by atoms with van der Waals surface area (Å²) in [6.45, 7) is 2.83. The van der Waals surface area contributed by atoms with Gasteiger partial charge < -0.3 is 0 Å². The number of likely N-dealkylation sites (tertiary alicyclic amines) is 1. The Balaban J connectivity index is 1.42. The maximum atomic E-state index is 13.8. The van der Waals surface area contributed by atoms with Crippen molar-refractivity contribution in [1.29, 1.82) is 0 Å². The minimum Gasteiger partial charge on any atom is -0.298 e. The molecule has 3 aromatic rings. The zero-order valence-corrected chi connectivity index (χ0v) is 22.9. The van der Waals surface area contributed by atoms with Gasteiger partial charge in [-0.25, -0.2) is 8.42 Å². The van der Waals surface area contributed by atoms with E-state index in [2.05, 4.69) is 45.1 Å². The van der Waals surface area contributed by atoms with Crippen LogP contribution >= 0.6 is 15.9 Å². The van der Waals surface area contributed by atoms with Gasteiger partial charge in [0.1, 0.15) is 0 Å². The summed E-state index contributed by atoms with van der Waals surface area (Å²) >= 11 is 3.57. The third kappa shape index (κ3) is 6.12. The molecule has 5 rings (SSSR count). The first-order valence-electron chi connectivity index (χ1n) is 12.6. The molecule has 1 aliphatic heterocycles. The molecule has 2 aliphatic rings. The van der Waals surface area contributed by atoms with E-state index in [1.165, 1.54) is 29.3 Å². The molecule has 3 aromatic carbocycles. The summed E-state index contributed by atoms with van der Waals surface area (Å²) in [5.74, 6) is 0.376. The van der Waals surface area contributed by atoms with E-state index in [0.717, 1.165) is 43.4 Å². The lowest BCUT2D eigenvalue weighted by Crippen LogP contribution is -2.39. The van der Waals surface area contributed by atoms with E-state index in [1.54, 1.807) is 10.4 Å². The fourth-order valence-electron chi connectivity index (χ4n) is 5.40. The summed E-state index contributed by atoms with van der Waals surface area (Å²) in [4.78, 5) is 13.2. The number of sulfonamides is 1. The van der Waals surface area contributed by atoms with Gasteiger partial charge >= 0.3 is 0 Å². The molecule has 0 spiro atoms. The Kier molecular flexibility index (Phi) is 7.76. The van der Waals surface area contributed by atoms with Crippen molar-refractivity contribution in [2.75, 3.05) is 19.6 Å². The first kappa shape index (κ1) is 26.0. The molecule has 1 aliphatic carbocycles. The third-order valence-corrected chi connectivity index (χ3v) is 9.76. The topological polar surface area (TPSA) is 83.8 Å². The zero-order valence-electron chi connectivity index (χ0n) is 20.4. The molecule has 2 unspecified atom stereocenters. The maximum absolute atomic E-state index is 13.8. The predicted molar refractivity (Wildman–Crippen MR) is 147 cm³/mol. The monoisotopic (exact) mass is 583 g/mol. The van der Waals surface area contributed by atoms with Crippen LogP contribution in [0, 0.1) is 22.0 Å². The number of para-hydroxylation sites is 1. The summed E-state index contributed by atoms with van der Waals surface area (Å²) in [6.07, 6.45) is 2.42. The molecule has 0 amide bonds. The van der Waals surface area contributed by atoms with Crippen LogP contribution in [0.1, 0.15) is 24.0 Å². The van der Waals surface area contributed by atoms with Gasteiger partial charge in [-0.15, -0.1) is 0 Å². The predicted octanol–water partition coefficient (Wildman–Crippen LogP) is 5.50. The summed E-state index contributed by atoms with van der Waals surface area (Å²) in [5, 5.41) is 11.6. The minimum absolute atomic E-state index is 0.0977. The van der Waals surface area contributed by atoms with E-state index in [4.69, 9.17) is 0 Å². The molecule has 1 saturated carbocycles. The molecule has 0 aromatic heterocycles. The molecule has 194 valence electrons. The normalized spacial score (nSPS) is 20.4. The van der Waals surface area contributed by atoms with Crippen LogP contribution in [0.2, 0.25) is 0 Å². The van der Waals surface area contributed by atoms with Crippen molar-refractivity contribution in [2.45, 2.75) is 36.7 Å². The number of halogens is 1. The van der Waals surface area contributed by atoms with Crippen molar-refractivity contribution in [3.05, 3.63) is 105 Å². The lowest BCUT2D eigenvalue weighted by molar-refractivity contribution is -0.387. The fourth-order valence-corrected chi connectivity index (χ4v) is 7.75. The Hall–Kier alpha value is -2.59. The highest BCUT2D eigenvalue weighted by Gasteiger charge is 2.44. The van der Waals surface area contributed by atoms with Crippen molar-refractivity contribution in [3.63, 3.8) is 0 Å². The highest BCUT2D eigenvalue weighted by Crippen LogP contribution is 2.38. The average molecular weight is 585 g/mol. The SMILES string of the molecule is O=[N+]([O-])c1ccccc1S(=O)(=O)N(CC1CN(Cc2ccccc2)CC1Cc1cccc(Br)c1)C1CC1. The van der Waals surface area contributed by atoms with Crippen LogP contribution in [0.15, 0.2) is 88.2 Å². The van der Waals surface area contributed by atoms with Gasteiger partial charge in [0.15, 0.2) is 4.90 Å². The van der Waals surface area contributed by atoms with Crippen molar-refractivity contribution >= 4 is 31.6 Å². The molecule has 37 heavy (non-hydrogen) atoms. The van der Waals surface area contributed by atoms with Gasteiger partial charge in [-0.05, 0) is 60.4 Å². The summed E-state index contributed by atoms with van der Waals surface area (Å²) in [6, 6.07) is 24.2. The largest absolute Gasteiger partial charge is 0.298 e. The highest BCUT2D eigenvalue weighted by atomic mass is 79.9. The average Bonchev–Trinajstić information content (AvgIpc) is 3.65. The lowest BCUT2D eigenvalue weighted by Gasteiger charge is -2.28. The second-order valence-electron chi connectivity index (χ2n) is 10.1.